The van der Waals surface area contributed by atoms with Crippen molar-refractivity contribution in [2.45, 2.75) is 13.8 Å². The Hall–Kier alpha value is -3.16. The third-order valence-corrected chi connectivity index (χ3v) is 6.36. The Morgan fingerprint density at radius 1 is 0.938 bits per heavy atom. The van der Waals surface area contributed by atoms with Crippen molar-refractivity contribution < 1.29 is 19.4 Å². The molecule has 4 rings (SSSR count). The Labute approximate surface area is 188 Å². The average Bonchev–Trinajstić information content (AvgIpc) is 3.06. The molecule has 2 aromatic rings. The van der Waals surface area contributed by atoms with Gasteiger partial charge in [0.1, 0.15) is 11.4 Å². The zero-order valence-electron chi connectivity index (χ0n) is 18.8. The zero-order valence-corrected chi connectivity index (χ0v) is 18.8. The number of imide groups is 1. The molecule has 0 atom stereocenters. The molecule has 1 N–H and O–H groups in total. The molecule has 0 aromatic heterocycles. The van der Waals surface area contributed by atoms with Crippen LogP contribution >= 0.6 is 0 Å². The van der Waals surface area contributed by atoms with E-state index < -0.39 is 0 Å². The van der Waals surface area contributed by atoms with Crippen LogP contribution in [0.1, 0.15) is 16.7 Å². The molecule has 0 saturated carbocycles. The molecular formula is C25H29N3O4. The standard InChI is InChI=1S/C25H29N3O4/c1-17-5-4-6-21(18(17)2)28-24(30)22(19-7-9-20(32-3)10-8-19)23(25(28)31)27-13-11-26(12-14-27)15-16-29/h4-10,29H,11-16H2,1-3H3. The highest BCUT2D eigenvalue weighted by Gasteiger charge is 2.43. The summed E-state index contributed by atoms with van der Waals surface area (Å²) in [6.45, 7) is 7.32. The van der Waals surface area contributed by atoms with Crippen LogP contribution in [0.5, 0.6) is 5.75 Å². The lowest BCUT2D eigenvalue weighted by atomic mass is 10.0. The van der Waals surface area contributed by atoms with Crippen LogP contribution in [-0.2, 0) is 9.59 Å². The van der Waals surface area contributed by atoms with Gasteiger partial charge >= 0.3 is 0 Å². The number of methoxy groups -OCH3 is 1. The van der Waals surface area contributed by atoms with Crippen LogP contribution in [0.15, 0.2) is 48.2 Å². The minimum Gasteiger partial charge on any atom is -0.497 e. The summed E-state index contributed by atoms with van der Waals surface area (Å²) in [7, 11) is 1.60. The van der Waals surface area contributed by atoms with Gasteiger partial charge in [-0.1, -0.05) is 24.3 Å². The van der Waals surface area contributed by atoms with Gasteiger partial charge in [0, 0.05) is 32.7 Å². The summed E-state index contributed by atoms with van der Waals surface area (Å²) in [5.41, 5.74) is 4.14. The fourth-order valence-corrected chi connectivity index (χ4v) is 4.36. The molecule has 2 heterocycles. The van der Waals surface area contributed by atoms with Crippen LogP contribution in [0.3, 0.4) is 0 Å². The molecule has 2 aromatic carbocycles. The van der Waals surface area contributed by atoms with Gasteiger partial charge in [0.05, 0.1) is 25.0 Å². The lowest BCUT2D eigenvalue weighted by Crippen LogP contribution is -2.48. The molecule has 0 aliphatic carbocycles. The van der Waals surface area contributed by atoms with E-state index in [1.807, 2.05) is 49.1 Å². The molecule has 2 aliphatic heterocycles. The molecule has 32 heavy (non-hydrogen) atoms. The number of aryl methyl sites for hydroxylation is 1. The van der Waals surface area contributed by atoms with Crippen molar-refractivity contribution in [1.82, 2.24) is 9.80 Å². The van der Waals surface area contributed by atoms with Crippen LogP contribution < -0.4 is 9.64 Å². The predicted molar refractivity (Wildman–Crippen MR) is 123 cm³/mol. The van der Waals surface area contributed by atoms with Crippen LogP contribution in [0.4, 0.5) is 5.69 Å². The zero-order chi connectivity index (χ0) is 22.8. The molecule has 7 nitrogen and oxygen atoms in total. The first kappa shape index (κ1) is 22.0. The molecule has 0 radical (unpaired) electrons. The average molecular weight is 436 g/mol. The molecule has 0 unspecified atom stereocenters. The number of anilines is 1. The lowest BCUT2D eigenvalue weighted by molar-refractivity contribution is -0.120. The van der Waals surface area contributed by atoms with Gasteiger partial charge in [-0.25, -0.2) is 4.90 Å². The van der Waals surface area contributed by atoms with Gasteiger partial charge in [-0.05, 0) is 48.7 Å². The van der Waals surface area contributed by atoms with Gasteiger partial charge in [0.2, 0.25) is 0 Å². The van der Waals surface area contributed by atoms with Crippen LogP contribution in [-0.4, -0.2) is 73.2 Å². The monoisotopic (exact) mass is 435 g/mol. The van der Waals surface area contributed by atoms with Crippen LogP contribution in [0, 0.1) is 13.8 Å². The Balaban J connectivity index is 1.76. The normalized spacial score (nSPS) is 17.5. The molecule has 0 bridgehead atoms. The van der Waals surface area contributed by atoms with E-state index in [1.54, 1.807) is 19.2 Å². The second-order valence-electron chi connectivity index (χ2n) is 8.17. The van der Waals surface area contributed by atoms with Crippen LogP contribution in [0.2, 0.25) is 0 Å². The number of carbonyl (C=O) groups excluding carboxylic acids is 2. The highest BCUT2D eigenvalue weighted by atomic mass is 16.5. The van der Waals surface area contributed by atoms with Crippen molar-refractivity contribution in [2.75, 3.05) is 51.3 Å². The van der Waals surface area contributed by atoms with Crippen molar-refractivity contribution in [3.63, 3.8) is 0 Å². The maximum Gasteiger partial charge on any atom is 0.282 e. The lowest BCUT2D eigenvalue weighted by Gasteiger charge is -2.36. The first-order chi connectivity index (χ1) is 15.5. The molecule has 7 heteroatoms. The summed E-state index contributed by atoms with van der Waals surface area (Å²) in [5.74, 6) is 0.100. The quantitative estimate of drug-likeness (QED) is 0.702. The smallest absolute Gasteiger partial charge is 0.282 e. The van der Waals surface area contributed by atoms with E-state index in [-0.39, 0.29) is 18.4 Å². The Morgan fingerprint density at radius 2 is 1.62 bits per heavy atom. The SMILES string of the molecule is COc1ccc(C2=C(N3CCN(CCO)CC3)C(=O)N(c3cccc(C)c3C)C2=O)cc1. The summed E-state index contributed by atoms with van der Waals surface area (Å²) < 4.78 is 5.26. The summed E-state index contributed by atoms with van der Waals surface area (Å²) in [5, 5.41) is 9.24. The van der Waals surface area contributed by atoms with E-state index in [0.717, 1.165) is 24.2 Å². The van der Waals surface area contributed by atoms with Crippen molar-refractivity contribution in [2.24, 2.45) is 0 Å². The minimum absolute atomic E-state index is 0.109. The molecular weight excluding hydrogens is 406 g/mol. The number of ether oxygens (including phenoxy) is 1. The van der Waals surface area contributed by atoms with E-state index in [4.69, 9.17) is 4.74 Å². The number of nitrogens with zero attached hydrogens (tertiary/aromatic N) is 3. The third-order valence-electron chi connectivity index (χ3n) is 6.36. The number of rotatable bonds is 6. The van der Waals surface area contributed by atoms with Gasteiger partial charge in [-0.2, -0.15) is 0 Å². The molecule has 1 fully saturated rings. The van der Waals surface area contributed by atoms with Crippen molar-refractivity contribution >= 4 is 23.1 Å². The van der Waals surface area contributed by atoms with Gasteiger partial charge < -0.3 is 14.7 Å². The predicted octanol–water partition coefficient (Wildman–Crippen LogP) is 2.21. The van der Waals surface area contributed by atoms with E-state index >= 15 is 0 Å². The second kappa shape index (κ2) is 9.14. The van der Waals surface area contributed by atoms with Crippen molar-refractivity contribution in [1.29, 1.82) is 0 Å². The van der Waals surface area contributed by atoms with E-state index in [9.17, 15) is 14.7 Å². The van der Waals surface area contributed by atoms with Gasteiger partial charge in [0.25, 0.3) is 11.8 Å². The van der Waals surface area contributed by atoms with Crippen LogP contribution in [0.25, 0.3) is 5.57 Å². The maximum atomic E-state index is 13.7. The summed E-state index contributed by atoms with van der Waals surface area (Å²) in [4.78, 5) is 32.9. The summed E-state index contributed by atoms with van der Waals surface area (Å²) >= 11 is 0. The first-order valence-electron chi connectivity index (χ1n) is 10.9. The Bertz CT molecular complexity index is 1050. The van der Waals surface area contributed by atoms with Gasteiger partial charge in [-0.15, -0.1) is 0 Å². The largest absolute Gasteiger partial charge is 0.497 e. The van der Waals surface area contributed by atoms with E-state index in [2.05, 4.69) is 4.90 Å². The fourth-order valence-electron chi connectivity index (χ4n) is 4.36. The molecule has 168 valence electrons. The van der Waals surface area contributed by atoms with Crippen molar-refractivity contribution in [3.05, 3.63) is 64.9 Å². The fraction of sp³-hybridized carbons (Fsp3) is 0.360. The highest BCUT2D eigenvalue weighted by molar-refractivity contribution is 6.45. The number of benzene rings is 2. The number of hydrogen-bond donors (Lipinski definition) is 1. The summed E-state index contributed by atoms with van der Waals surface area (Å²) in [6, 6.07) is 12.9. The minimum atomic E-state index is -0.304. The first-order valence-corrected chi connectivity index (χ1v) is 10.9. The van der Waals surface area contributed by atoms with Gasteiger partial charge in [0.15, 0.2) is 0 Å². The molecule has 2 aliphatic rings. The number of carbonyl (C=O) groups is 2. The van der Waals surface area contributed by atoms with Crippen molar-refractivity contribution in [3.8, 4) is 5.75 Å². The number of aliphatic hydroxyl groups excluding tert-OH is 1. The number of piperazine rings is 1. The summed E-state index contributed by atoms with van der Waals surface area (Å²) in [6.07, 6.45) is 0. The number of hydrogen-bond acceptors (Lipinski definition) is 6. The van der Waals surface area contributed by atoms with E-state index in [0.29, 0.717) is 47.9 Å². The second-order valence-corrected chi connectivity index (χ2v) is 8.17. The topological polar surface area (TPSA) is 73.3 Å². The molecule has 2 amide bonds. The molecule has 0 spiro atoms. The number of amides is 2. The third kappa shape index (κ3) is 3.89. The Kier molecular flexibility index (Phi) is 6.30. The highest BCUT2D eigenvalue weighted by Crippen LogP contribution is 2.37. The Morgan fingerprint density at radius 3 is 2.25 bits per heavy atom. The number of β-amino-alcohol motifs (C(OH)–C–C–N with tert-alkyl or cyclic N) is 1. The number of aliphatic hydroxyl groups is 1. The van der Waals surface area contributed by atoms with E-state index in [1.165, 1.54) is 4.90 Å². The maximum absolute atomic E-state index is 13.7. The van der Waals surface area contributed by atoms with Gasteiger partial charge in [-0.3, -0.25) is 14.5 Å². The molecule has 1 saturated heterocycles.